The van der Waals surface area contributed by atoms with Crippen molar-refractivity contribution in [2.24, 2.45) is 0 Å². The van der Waals surface area contributed by atoms with E-state index in [1.165, 1.54) is 122 Å². The van der Waals surface area contributed by atoms with Crippen molar-refractivity contribution in [3.63, 3.8) is 0 Å². The lowest BCUT2D eigenvalue weighted by Crippen LogP contribution is -2.46. The Hall–Kier alpha value is -2.96. The largest absolute Gasteiger partial charge is 0.462 e. The molecule has 6 heteroatoms. The third-order valence-electron chi connectivity index (χ3n) is 12.5. The van der Waals surface area contributed by atoms with Gasteiger partial charge in [0.2, 0.25) is 5.91 Å². The van der Waals surface area contributed by atoms with E-state index in [1.807, 2.05) is 6.08 Å². The van der Waals surface area contributed by atoms with Gasteiger partial charge in [0.25, 0.3) is 0 Å². The zero-order chi connectivity index (χ0) is 48.8. The molecule has 1 amide bonds. The fourth-order valence-electron chi connectivity index (χ4n) is 8.22. The number of aliphatic hydroxyl groups is 2. The Kier molecular flexibility index (Phi) is 51.6. The van der Waals surface area contributed by atoms with E-state index in [1.54, 1.807) is 0 Å². The molecular formula is C61H107NO5. The highest BCUT2D eigenvalue weighted by Crippen LogP contribution is 2.17. The van der Waals surface area contributed by atoms with Crippen LogP contribution in [0.4, 0.5) is 0 Å². The van der Waals surface area contributed by atoms with Gasteiger partial charge in [-0.1, -0.05) is 247 Å². The first kappa shape index (κ1) is 64.0. The molecule has 0 aromatic rings. The monoisotopic (exact) mass is 934 g/mol. The summed E-state index contributed by atoms with van der Waals surface area (Å²) >= 11 is 0. The Balaban J connectivity index is 4.72. The highest BCUT2D eigenvalue weighted by Gasteiger charge is 2.24. The Labute approximate surface area is 414 Å². The molecule has 0 spiro atoms. The van der Waals surface area contributed by atoms with Crippen molar-refractivity contribution < 1.29 is 24.5 Å². The average Bonchev–Trinajstić information content (AvgIpc) is 3.32. The fraction of sp³-hybridized carbons (Fsp3) is 0.738. The van der Waals surface area contributed by atoms with Gasteiger partial charge in [-0.05, 0) is 89.9 Å². The Morgan fingerprint density at radius 3 is 1.24 bits per heavy atom. The van der Waals surface area contributed by atoms with Crippen molar-refractivity contribution in [1.29, 1.82) is 0 Å². The second kappa shape index (κ2) is 54.0. The second-order valence-electron chi connectivity index (χ2n) is 19.0. The molecule has 0 aromatic carbocycles. The summed E-state index contributed by atoms with van der Waals surface area (Å²) in [6, 6.07) is -0.725. The lowest BCUT2D eigenvalue weighted by molar-refractivity contribution is -0.150. The molecule has 3 unspecified atom stereocenters. The molecule has 386 valence electrons. The maximum atomic E-state index is 13.2. The number of carbonyl (C=O) groups excluding carboxylic acids is 2. The summed E-state index contributed by atoms with van der Waals surface area (Å²) in [7, 11) is 0. The first-order chi connectivity index (χ1) is 33.0. The summed E-state index contributed by atoms with van der Waals surface area (Å²) in [5, 5.41) is 23.8. The van der Waals surface area contributed by atoms with E-state index in [2.05, 4.69) is 105 Å². The van der Waals surface area contributed by atoms with Crippen LogP contribution in [0.1, 0.15) is 265 Å². The van der Waals surface area contributed by atoms with Gasteiger partial charge in [0.1, 0.15) is 6.10 Å². The van der Waals surface area contributed by atoms with E-state index < -0.39 is 18.2 Å². The van der Waals surface area contributed by atoms with Crippen molar-refractivity contribution in [3.8, 4) is 0 Å². The van der Waals surface area contributed by atoms with Crippen molar-refractivity contribution in [3.05, 3.63) is 85.1 Å². The van der Waals surface area contributed by atoms with E-state index >= 15 is 0 Å². The van der Waals surface area contributed by atoms with Crippen molar-refractivity contribution in [1.82, 2.24) is 5.32 Å². The molecule has 67 heavy (non-hydrogen) atoms. The third kappa shape index (κ3) is 49.3. The highest BCUT2D eigenvalue weighted by atomic mass is 16.5. The molecule has 0 radical (unpaired) electrons. The van der Waals surface area contributed by atoms with Gasteiger partial charge in [-0.15, -0.1) is 0 Å². The van der Waals surface area contributed by atoms with Crippen LogP contribution in [0.25, 0.3) is 0 Å². The predicted octanol–water partition coefficient (Wildman–Crippen LogP) is 17.5. The van der Waals surface area contributed by atoms with Crippen molar-refractivity contribution in [2.45, 2.75) is 283 Å². The third-order valence-corrected chi connectivity index (χ3v) is 12.5. The number of carbonyl (C=O) groups is 2. The SMILES string of the molecule is CC/C=C\C/C=C\C/C=C\C/C=C\C/C=C\C/C=C\CCC(=O)OC(CCCCC/C=C/CCCCCCCCCCC)CC(=O)NC(CO)C(O)CCCCCCCCCCCCCCC. The van der Waals surface area contributed by atoms with Crippen LogP contribution in [0.2, 0.25) is 0 Å². The minimum absolute atomic E-state index is 0.0340. The number of nitrogens with one attached hydrogen (secondary N) is 1. The first-order valence-electron chi connectivity index (χ1n) is 28.3. The number of hydrogen-bond donors (Lipinski definition) is 3. The number of ether oxygens (including phenoxy) is 1. The molecule has 0 fully saturated rings. The lowest BCUT2D eigenvalue weighted by Gasteiger charge is -2.24. The molecule has 0 saturated heterocycles. The number of allylic oxidation sites excluding steroid dienone is 14. The number of hydrogen-bond acceptors (Lipinski definition) is 5. The molecule has 0 bridgehead atoms. The van der Waals surface area contributed by atoms with Gasteiger partial charge in [0.15, 0.2) is 0 Å². The summed E-state index contributed by atoms with van der Waals surface area (Å²) in [5.41, 5.74) is 0. The molecule has 0 aliphatic rings. The van der Waals surface area contributed by atoms with Crippen LogP contribution in [-0.2, 0) is 14.3 Å². The van der Waals surface area contributed by atoms with Crippen LogP contribution in [0.3, 0.4) is 0 Å². The number of amides is 1. The van der Waals surface area contributed by atoms with Crippen LogP contribution in [-0.4, -0.2) is 46.9 Å². The summed E-state index contributed by atoms with van der Waals surface area (Å²) in [4.78, 5) is 26.2. The van der Waals surface area contributed by atoms with E-state index in [0.29, 0.717) is 19.3 Å². The number of unbranched alkanes of at least 4 members (excludes halogenated alkanes) is 24. The zero-order valence-corrected chi connectivity index (χ0v) is 44.0. The van der Waals surface area contributed by atoms with E-state index in [9.17, 15) is 19.8 Å². The molecule has 6 nitrogen and oxygen atoms in total. The van der Waals surface area contributed by atoms with E-state index in [4.69, 9.17) is 4.74 Å². The van der Waals surface area contributed by atoms with E-state index in [0.717, 1.165) is 89.9 Å². The van der Waals surface area contributed by atoms with Gasteiger partial charge in [0.05, 0.1) is 25.2 Å². The minimum Gasteiger partial charge on any atom is -0.462 e. The zero-order valence-electron chi connectivity index (χ0n) is 44.0. The van der Waals surface area contributed by atoms with Crippen LogP contribution < -0.4 is 5.32 Å². The molecule has 0 rings (SSSR count). The van der Waals surface area contributed by atoms with Gasteiger partial charge in [-0.3, -0.25) is 9.59 Å². The average molecular weight is 935 g/mol. The molecule has 0 saturated carbocycles. The summed E-state index contributed by atoms with van der Waals surface area (Å²) in [6.45, 7) is 6.36. The van der Waals surface area contributed by atoms with Crippen molar-refractivity contribution >= 4 is 11.9 Å². The van der Waals surface area contributed by atoms with Gasteiger partial charge in [0, 0.05) is 6.42 Å². The van der Waals surface area contributed by atoms with Crippen LogP contribution in [0.5, 0.6) is 0 Å². The molecule has 3 N–H and O–H groups in total. The Bertz CT molecular complexity index is 1280. The topological polar surface area (TPSA) is 95.9 Å². The van der Waals surface area contributed by atoms with Crippen molar-refractivity contribution in [2.75, 3.05) is 6.61 Å². The van der Waals surface area contributed by atoms with E-state index in [-0.39, 0.29) is 31.3 Å². The molecular weight excluding hydrogens is 827 g/mol. The number of esters is 1. The van der Waals surface area contributed by atoms with Gasteiger partial charge in [-0.2, -0.15) is 0 Å². The number of aliphatic hydroxyl groups excluding tert-OH is 2. The predicted molar refractivity (Wildman–Crippen MR) is 291 cm³/mol. The smallest absolute Gasteiger partial charge is 0.306 e. The van der Waals surface area contributed by atoms with Crippen LogP contribution in [0, 0.1) is 0 Å². The van der Waals surface area contributed by atoms with Crippen LogP contribution in [0.15, 0.2) is 85.1 Å². The van der Waals surface area contributed by atoms with Gasteiger partial charge >= 0.3 is 5.97 Å². The number of rotatable bonds is 50. The molecule has 0 aliphatic heterocycles. The second-order valence-corrected chi connectivity index (χ2v) is 19.0. The minimum atomic E-state index is -0.808. The maximum absolute atomic E-state index is 13.2. The summed E-state index contributed by atoms with van der Waals surface area (Å²) in [6.07, 6.45) is 70.8. The molecule has 0 aliphatic carbocycles. The standard InChI is InChI=1S/C61H107NO5/c1-4-7-10-13-16-19-22-25-27-29-30-31-33-36-39-42-45-48-51-54-61(66)67-57(52-49-46-43-40-37-35-32-28-26-23-20-17-14-11-8-5-2)55-60(65)62-58(56-63)59(64)53-50-47-44-41-38-34-24-21-18-15-12-9-6-3/h7,10,16,19,25,27,30-31,35-37,39,45,48,57-59,63-64H,4-6,8-9,11-15,17-18,20-24,26,28-29,32-34,38,40-44,46-47,49-56H2,1-3H3,(H,62,65)/b10-7-,19-16-,27-25-,31-30-,37-35+,39-36-,48-45-. The molecule has 0 aromatic heterocycles. The Morgan fingerprint density at radius 2 is 0.806 bits per heavy atom. The first-order valence-corrected chi connectivity index (χ1v) is 28.3. The van der Waals surface area contributed by atoms with Gasteiger partial charge in [-0.25, -0.2) is 0 Å². The molecule has 3 atom stereocenters. The van der Waals surface area contributed by atoms with Crippen LogP contribution >= 0.6 is 0 Å². The molecule has 0 heterocycles. The fourth-order valence-corrected chi connectivity index (χ4v) is 8.22. The summed E-state index contributed by atoms with van der Waals surface area (Å²) < 4.78 is 5.91. The normalized spacial score (nSPS) is 13.8. The maximum Gasteiger partial charge on any atom is 0.306 e. The quantitative estimate of drug-likeness (QED) is 0.0321. The van der Waals surface area contributed by atoms with Gasteiger partial charge < -0.3 is 20.3 Å². The highest BCUT2D eigenvalue weighted by molar-refractivity contribution is 5.77. The summed E-state index contributed by atoms with van der Waals surface area (Å²) in [5.74, 6) is -0.587. The Morgan fingerprint density at radius 1 is 0.448 bits per heavy atom. The lowest BCUT2D eigenvalue weighted by atomic mass is 10.0.